The van der Waals surface area contributed by atoms with Crippen molar-refractivity contribution in [2.45, 2.75) is 37.5 Å². The molecule has 1 aromatic carbocycles. The second-order valence-electron chi connectivity index (χ2n) is 5.28. The molecule has 1 aromatic rings. The standard InChI is InChI=1S/C16H18O2/c1-18-15(17)14-11-12-7-3-4-8-13(12)16(14)9-5-2-6-10-16/h3-4,7-8,11H,2,5-6,9-10H2,1H3. The molecule has 0 amide bonds. The van der Waals surface area contributed by atoms with Crippen molar-refractivity contribution in [3.8, 4) is 0 Å². The van der Waals surface area contributed by atoms with E-state index in [4.69, 9.17) is 4.74 Å². The summed E-state index contributed by atoms with van der Waals surface area (Å²) in [6.07, 6.45) is 7.85. The predicted octanol–water partition coefficient (Wildman–Crippen LogP) is 3.46. The van der Waals surface area contributed by atoms with E-state index in [-0.39, 0.29) is 11.4 Å². The van der Waals surface area contributed by atoms with Crippen LogP contribution in [0.25, 0.3) is 6.08 Å². The van der Waals surface area contributed by atoms with Crippen molar-refractivity contribution in [1.82, 2.24) is 0 Å². The van der Waals surface area contributed by atoms with Crippen molar-refractivity contribution in [2.75, 3.05) is 7.11 Å². The molecule has 2 aliphatic carbocycles. The zero-order valence-electron chi connectivity index (χ0n) is 10.7. The van der Waals surface area contributed by atoms with Crippen LogP contribution in [0.1, 0.15) is 43.2 Å². The van der Waals surface area contributed by atoms with E-state index in [1.165, 1.54) is 37.5 Å². The van der Waals surface area contributed by atoms with Crippen molar-refractivity contribution in [2.24, 2.45) is 0 Å². The van der Waals surface area contributed by atoms with Gasteiger partial charge in [-0.2, -0.15) is 0 Å². The van der Waals surface area contributed by atoms with Crippen LogP contribution in [0.15, 0.2) is 29.8 Å². The summed E-state index contributed by atoms with van der Waals surface area (Å²) in [6.45, 7) is 0. The van der Waals surface area contributed by atoms with Gasteiger partial charge in [-0.15, -0.1) is 0 Å². The Hall–Kier alpha value is -1.57. The third-order valence-electron chi connectivity index (χ3n) is 4.40. The summed E-state index contributed by atoms with van der Waals surface area (Å²) in [4.78, 5) is 12.1. The molecular weight excluding hydrogens is 224 g/mol. The number of methoxy groups -OCH3 is 1. The highest BCUT2D eigenvalue weighted by Crippen LogP contribution is 2.51. The minimum absolute atomic E-state index is 0.0675. The average molecular weight is 242 g/mol. The summed E-state index contributed by atoms with van der Waals surface area (Å²) in [6, 6.07) is 8.38. The summed E-state index contributed by atoms with van der Waals surface area (Å²) in [5.41, 5.74) is 3.32. The minimum atomic E-state index is -0.159. The van der Waals surface area contributed by atoms with Gasteiger partial charge in [-0.05, 0) is 30.0 Å². The minimum Gasteiger partial charge on any atom is -0.466 e. The Balaban J connectivity index is 2.12. The molecule has 0 saturated heterocycles. The average Bonchev–Trinajstić information content (AvgIpc) is 2.74. The number of hydrogen-bond donors (Lipinski definition) is 0. The fourth-order valence-corrected chi connectivity index (χ4v) is 3.56. The first-order valence-corrected chi connectivity index (χ1v) is 6.68. The van der Waals surface area contributed by atoms with E-state index in [9.17, 15) is 4.79 Å². The van der Waals surface area contributed by atoms with Crippen molar-refractivity contribution in [1.29, 1.82) is 0 Å². The molecule has 1 spiro atoms. The van der Waals surface area contributed by atoms with Crippen molar-refractivity contribution in [3.63, 3.8) is 0 Å². The van der Waals surface area contributed by atoms with Crippen LogP contribution in [0.4, 0.5) is 0 Å². The smallest absolute Gasteiger partial charge is 0.334 e. The molecule has 94 valence electrons. The normalized spacial score (nSPS) is 20.4. The molecule has 0 unspecified atom stereocenters. The molecule has 0 heterocycles. The topological polar surface area (TPSA) is 26.3 Å². The molecule has 2 heteroatoms. The lowest BCUT2D eigenvalue weighted by molar-refractivity contribution is -0.136. The number of carbonyl (C=O) groups is 1. The van der Waals surface area contributed by atoms with Gasteiger partial charge in [-0.3, -0.25) is 0 Å². The number of fused-ring (bicyclic) bond motifs is 2. The fraction of sp³-hybridized carbons (Fsp3) is 0.438. The van der Waals surface area contributed by atoms with E-state index >= 15 is 0 Å². The van der Waals surface area contributed by atoms with E-state index in [0.29, 0.717) is 0 Å². The Labute approximate surface area is 108 Å². The maximum absolute atomic E-state index is 12.1. The van der Waals surface area contributed by atoms with Gasteiger partial charge in [-0.1, -0.05) is 43.5 Å². The highest BCUT2D eigenvalue weighted by molar-refractivity contribution is 5.99. The van der Waals surface area contributed by atoms with Gasteiger partial charge in [0.1, 0.15) is 0 Å². The molecule has 2 aliphatic rings. The molecule has 2 nitrogen and oxygen atoms in total. The van der Waals surface area contributed by atoms with Crippen LogP contribution in [-0.2, 0) is 14.9 Å². The Morgan fingerprint density at radius 3 is 2.61 bits per heavy atom. The van der Waals surface area contributed by atoms with Crippen LogP contribution in [0.2, 0.25) is 0 Å². The lowest BCUT2D eigenvalue weighted by Gasteiger charge is -2.36. The maximum atomic E-state index is 12.1. The van der Waals surface area contributed by atoms with E-state index in [1.54, 1.807) is 0 Å². The second kappa shape index (κ2) is 4.27. The second-order valence-corrected chi connectivity index (χ2v) is 5.28. The number of ether oxygens (including phenoxy) is 1. The lowest BCUT2D eigenvalue weighted by Crippen LogP contribution is -2.33. The monoisotopic (exact) mass is 242 g/mol. The van der Waals surface area contributed by atoms with E-state index < -0.39 is 0 Å². The van der Waals surface area contributed by atoms with Crippen molar-refractivity contribution >= 4 is 12.0 Å². The van der Waals surface area contributed by atoms with Crippen LogP contribution >= 0.6 is 0 Å². The van der Waals surface area contributed by atoms with Gasteiger partial charge < -0.3 is 4.74 Å². The third-order valence-corrected chi connectivity index (χ3v) is 4.40. The quantitative estimate of drug-likeness (QED) is 0.705. The molecule has 0 bridgehead atoms. The zero-order valence-corrected chi connectivity index (χ0v) is 10.7. The van der Waals surface area contributed by atoms with Crippen molar-refractivity contribution < 1.29 is 9.53 Å². The van der Waals surface area contributed by atoms with Gasteiger partial charge in [0.15, 0.2) is 0 Å². The summed E-state index contributed by atoms with van der Waals surface area (Å²) >= 11 is 0. The van der Waals surface area contributed by atoms with Crippen LogP contribution in [0.3, 0.4) is 0 Å². The highest BCUT2D eigenvalue weighted by Gasteiger charge is 2.45. The number of rotatable bonds is 1. The molecule has 0 aliphatic heterocycles. The number of hydrogen-bond acceptors (Lipinski definition) is 2. The summed E-state index contributed by atoms with van der Waals surface area (Å²) < 4.78 is 4.99. The van der Waals surface area contributed by atoms with Gasteiger partial charge in [0, 0.05) is 11.0 Å². The Bertz CT molecular complexity index is 508. The van der Waals surface area contributed by atoms with Crippen LogP contribution < -0.4 is 0 Å². The largest absolute Gasteiger partial charge is 0.466 e. The highest BCUT2D eigenvalue weighted by atomic mass is 16.5. The molecule has 0 N–H and O–H groups in total. The molecule has 0 radical (unpaired) electrons. The predicted molar refractivity (Wildman–Crippen MR) is 71.2 cm³/mol. The van der Waals surface area contributed by atoms with Gasteiger partial charge >= 0.3 is 5.97 Å². The maximum Gasteiger partial charge on any atom is 0.334 e. The van der Waals surface area contributed by atoms with Gasteiger partial charge in [0.05, 0.1) is 7.11 Å². The summed E-state index contributed by atoms with van der Waals surface area (Å²) in [7, 11) is 1.47. The van der Waals surface area contributed by atoms with Crippen molar-refractivity contribution in [3.05, 3.63) is 41.0 Å². The Morgan fingerprint density at radius 2 is 1.89 bits per heavy atom. The van der Waals surface area contributed by atoms with Gasteiger partial charge in [0.2, 0.25) is 0 Å². The molecule has 1 fully saturated rings. The van der Waals surface area contributed by atoms with E-state index in [1.807, 2.05) is 12.1 Å². The van der Waals surface area contributed by atoms with E-state index in [2.05, 4.69) is 18.2 Å². The first kappa shape index (κ1) is 11.5. The first-order valence-electron chi connectivity index (χ1n) is 6.68. The SMILES string of the molecule is COC(=O)C1=Cc2ccccc2C12CCCCC2. The lowest BCUT2D eigenvalue weighted by atomic mass is 9.67. The van der Waals surface area contributed by atoms with Gasteiger partial charge in [-0.25, -0.2) is 4.79 Å². The molecule has 3 rings (SSSR count). The molecule has 1 saturated carbocycles. The molecule has 0 aromatic heterocycles. The third kappa shape index (κ3) is 1.52. The van der Waals surface area contributed by atoms with Crippen LogP contribution in [-0.4, -0.2) is 13.1 Å². The number of carbonyl (C=O) groups excluding carboxylic acids is 1. The molecular formula is C16H18O2. The Kier molecular flexibility index (Phi) is 2.73. The zero-order chi connectivity index (χ0) is 12.6. The molecule has 18 heavy (non-hydrogen) atoms. The number of benzene rings is 1. The summed E-state index contributed by atoms with van der Waals surface area (Å²) in [5, 5.41) is 0. The number of esters is 1. The van der Waals surface area contributed by atoms with Crippen LogP contribution in [0.5, 0.6) is 0 Å². The van der Waals surface area contributed by atoms with Crippen LogP contribution in [0, 0.1) is 0 Å². The first-order chi connectivity index (χ1) is 8.78. The summed E-state index contributed by atoms with van der Waals surface area (Å²) in [5.74, 6) is -0.159. The Morgan fingerprint density at radius 1 is 1.17 bits per heavy atom. The van der Waals surface area contributed by atoms with Gasteiger partial charge in [0.25, 0.3) is 0 Å². The fourth-order valence-electron chi connectivity index (χ4n) is 3.56. The molecule has 0 atom stereocenters. The van der Waals surface area contributed by atoms with E-state index in [0.717, 1.165) is 18.4 Å².